The molecule has 0 bridgehead atoms. The summed E-state index contributed by atoms with van der Waals surface area (Å²) in [6, 6.07) is 7.77. The van der Waals surface area contributed by atoms with Crippen LogP contribution in [0.3, 0.4) is 0 Å². The smallest absolute Gasteiger partial charge is 0.115 e. The Kier molecular flexibility index (Phi) is 3.78. The Bertz CT molecular complexity index is 213. The zero-order valence-corrected chi connectivity index (χ0v) is 7.52. The molecule has 0 radical (unpaired) electrons. The lowest BCUT2D eigenvalue weighted by Crippen LogP contribution is -1.85. The van der Waals surface area contributed by atoms with Gasteiger partial charge < -0.3 is 0 Å². The molecule has 0 aromatic heterocycles. The van der Waals surface area contributed by atoms with E-state index in [2.05, 4.69) is 6.92 Å². The molecule has 0 atom stereocenters. The van der Waals surface area contributed by atoms with Gasteiger partial charge in [-0.15, -0.1) is 0 Å². The number of hydrogen-bond acceptors (Lipinski definition) is 0. The zero-order chi connectivity index (χ0) is 8.81. The van der Waals surface area contributed by atoms with E-state index in [9.17, 15) is 4.39 Å². The van der Waals surface area contributed by atoms with Gasteiger partial charge in [-0.25, -0.2) is 4.39 Å². The number of alkyl halides is 1. The van der Waals surface area contributed by atoms with E-state index >= 15 is 0 Å². The van der Waals surface area contributed by atoms with Gasteiger partial charge in [0.25, 0.3) is 0 Å². The van der Waals surface area contributed by atoms with Crippen molar-refractivity contribution in [1.29, 1.82) is 0 Å². The molecule has 1 aromatic rings. The third-order valence-corrected chi connectivity index (χ3v) is 2.00. The number of hydrogen-bond donors (Lipinski definition) is 0. The second-order valence-corrected chi connectivity index (χ2v) is 3.05. The van der Waals surface area contributed by atoms with E-state index in [1.165, 1.54) is 18.4 Å². The third kappa shape index (κ3) is 2.65. The number of benzene rings is 1. The maximum atomic E-state index is 12.1. The standard InChI is InChI=1S/C11H15F/c1-2-3-4-10-5-7-11(9-12)8-6-10/h5-8H,2-4,9H2,1H3. The number of rotatable bonds is 4. The molecule has 0 aliphatic carbocycles. The van der Waals surface area contributed by atoms with Crippen molar-refractivity contribution in [1.82, 2.24) is 0 Å². The highest BCUT2D eigenvalue weighted by Gasteiger charge is 1.93. The molecular formula is C11H15F. The fraction of sp³-hybridized carbons (Fsp3) is 0.455. The van der Waals surface area contributed by atoms with Gasteiger partial charge in [-0.1, -0.05) is 37.6 Å². The predicted molar refractivity (Wildman–Crippen MR) is 49.9 cm³/mol. The zero-order valence-electron chi connectivity index (χ0n) is 7.52. The van der Waals surface area contributed by atoms with Crippen molar-refractivity contribution in [3.63, 3.8) is 0 Å². The molecule has 0 spiro atoms. The van der Waals surface area contributed by atoms with Gasteiger partial charge in [-0.2, -0.15) is 0 Å². The van der Waals surface area contributed by atoms with Gasteiger partial charge >= 0.3 is 0 Å². The Balaban J connectivity index is 2.53. The molecule has 0 unspecified atom stereocenters. The van der Waals surface area contributed by atoms with Crippen molar-refractivity contribution in [2.24, 2.45) is 0 Å². The monoisotopic (exact) mass is 166 g/mol. The molecule has 0 nitrogen and oxygen atoms in total. The molecule has 1 heteroatoms. The van der Waals surface area contributed by atoms with Crippen molar-refractivity contribution in [2.45, 2.75) is 32.9 Å². The highest BCUT2D eigenvalue weighted by atomic mass is 19.1. The van der Waals surface area contributed by atoms with Gasteiger partial charge in [0, 0.05) is 0 Å². The molecule has 0 heterocycles. The van der Waals surface area contributed by atoms with E-state index in [1.54, 1.807) is 0 Å². The van der Waals surface area contributed by atoms with Crippen molar-refractivity contribution in [3.8, 4) is 0 Å². The quantitative estimate of drug-likeness (QED) is 0.642. The molecule has 1 rings (SSSR count). The molecule has 0 fully saturated rings. The minimum absolute atomic E-state index is 0.353. The molecule has 0 amide bonds. The van der Waals surface area contributed by atoms with Crippen LogP contribution in [0.5, 0.6) is 0 Å². The first-order valence-corrected chi connectivity index (χ1v) is 4.50. The van der Waals surface area contributed by atoms with Gasteiger partial charge in [0.05, 0.1) is 0 Å². The average molecular weight is 166 g/mol. The van der Waals surface area contributed by atoms with Crippen LogP contribution in [-0.4, -0.2) is 0 Å². The largest absolute Gasteiger partial charge is 0.246 e. The number of unbranched alkanes of at least 4 members (excludes halogenated alkanes) is 1. The second-order valence-electron chi connectivity index (χ2n) is 3.05. The molecule has 0 aliphatic rings. The van der Waals surface area contributed by atoms with Gasteiger partial charge in [0.1, 0.15) is 6.67 Å². The normalized spacial score (nSPS) is 10.2. The summed E-state index contributed by atoms with van der Waals surface area (Å²) < 4.78 is 12.1. The van der Waals surface area contributed by atoms with Crippen LogP contribution in [0.4, 0.5) is 4.39 Å². The first-order chi connectivity index (χ1) is 5.86. The van der Waals surface area contributed by atoms with E-state index in [0.717, 1.165) is 12.0 Å². The van der Waals surface area contributed by atoms with Gasteiger partial charge in [0.15, 0.2) is 0 Å². The van der Waals surface area contributed by atoms with Crippen LogP contribution >= 0.6 is 0 Å². The molecule has 0 aliphatic heterocycles. The van der Waals surface area contributed by atoms with Crippen molar-refractivity contribution in [2.75, 3.05) is 0 Å². The van der Waals surface area contributed by atoms with Gasteiger partial charge in [-0.05, 0) is 24.0 Å². The van der Waals surface area contributed by atoms with Crippen LogP contribution in [0.15, 0.2) is 24.3 Å². The summed E-state index contributed by atoms with van der Waals surface area (Å²) in [5, 5.41) is 0. The topological polar surface area (TPSA) is 0 Å². The number of aryl methyl sites for hydroxylation is 1. The van der Waals surface area contributed by atoms with Crippen LogP contribution in [0.2, 0.25) is 0 Å². The van der Waals surface area contributed by atoms with Crippen molar-refractivity contribution in [3.05, 3.63) is 35.4 Å². The first-order valence-electron chi connectivity index (χ1n) is 4.50. The maximum Gasteiger partial charge on any atom is 0.115 e. The highest BCUT2D eigenvalue weighted by molar-refractivity contribution is 5.21. The third-order valence-electron chi connectivity index (χ3n) is 2.00. The Hall–Kier alpha value is -0.850. The summed E-state index contributed by atoms with van der Waals surface area (Å²) in [5.41, 5.74) is 2.09. The van der Waals surface area contributed by atoms with Crippen molar-refractivity contribution < 1.29 is 4.39 Å². The second kappa shape index (κ2) is 4.91. The Labute approximate surface area is 73.4 Å². The Morgan fingerprint density at radius 3 is 2.17 bits per heavy atom. The fourth-order valence-corrected chi connectivity index (χ4v) is 1.18. The minimum Gasteiger partial charge on any atom is -0.246 e. The summed E-state index contributed by atoms with van der Waals surface area (Å²) in [6.45, 7) is 1.82. The molecule has 0 saturated carbocycles. The Morgan fingerprint density at radius 1 is 1.08 bits per heavy atom. The van der Waals surface area contributed by atoms with Crippen LogP contribution in [0, 0.1) is 0 Å². The lowest BCUT2D eigenvalue weighted by molar-refractivity contribution is 0.485. The molecule has 66 valence electrons. The summed E-state index contributed by atoms with van der Waals surface area (Å²) in [4.78, 5) is 0. The van der Waals surface area contributed by atoms with Crippen LogP contribution in [0.25, 0.3) is 0 Å². The average Bonchev–Trinajstić information content (AvgIpc) is 2.15. The SMILES string of the molecule is CCCCc1ccc(CF)cc1. The molecule has 0 saturated heterocycles. The van der Waals surface area contributed by atoms with E-state index in [-0.39, 0.29) is 6.67 Å². The van der Waals surface area contributed by atoms with E-state index < -0.39 is 0 Å². The molecule has 0 N–H and O–H groups in total. The van der Waals surface area contributed by atoms with Crippen molar-refractivity contribution >= 4 is 0 Å². The lowest BCUT2D eigenvalue weighted by atomic mass is 10.1. The first kappa shape index (κ1) is 9.24. The summed E-state index contributed by atoms with van der Waals surface area (Å²) >= 11 is 0. The molecule has 1 aromatic carbocycles. The van der Waals surface area contributed by atoms with E-state index in [0.29, 0.717) is 0 Å². The van der Waals surface area contributed by atoms with E-state index in [1.807, 2.05) is 24.3 Å². The summed E-state index contributed by atoms with van der Waals surface area (Å²) in [7, 11) is 0. The van der Waals surface area contributed by atoms with Gasteiger partial charge in [-0.3, -0.25) is 0 Å². The molecule has 12 heavy (non-hydrogen) atoms. The van der Waals surface area contributed by atoms with Crippen LogP contribution < -0.4 is 0 Å². The van der Waals surface area contributed by atoms with Gasteiger partial charge in [0.2, 0.25) is 0 Å². The van der Waals surface area contributed by atoms with Crippen LogP contribution in [0.1, 0.15) is 30.9 Å². The number of halogens is 1. The summed E-state index contributed by atoms with van der Waals surface area (Å²) in [5.74, 6) is 0. The fourth-order valence-electron chi connectivity index (χ4n) is 1.18. The van der Waals surface area contributed by atoms with Crippen LogP contribution in [-0.2, 0) is 13.1 Å². The predicted octanol–water partition coefficient (Wildman–Crippen LogP) is 3.50. The lowest BCUT2D eigenvalue weighted by Gasteiger charge is -1.99. The van der Waals surface area contributed by atoms with E-state index in [4.69, 9.17) is 0 Å². The minimum atomic E-state index is -0.353. The summed E-state index contributed by atoms with van der Waals surface area (Å²) in [6.07, 6.45) is 3.54. The Morgan fingerprint density at radius 2 is 1.67 bits per heavy atom. The highest BCUT2D eigenvalue weighted by Crippen LogP contribution is 2.08. The molecular weight excluding hydrogens is 151 g/mol. The maximum absolute atomic E-state index is 12.1.